The third-order valence-electron chi connectivity index (χ3n) is 4.64. The van der Waals surface area contributed by atoms with Crippen LogP contribution in [0.15, 0.2) is 30.3 Å². The Morgan fingerprint density at radius 2 is 1.88 bits per heavy atom. The topological polar surface area (TPSA) is 53.1 Å². The van der Waals surface area contributed by atoms with Crippen molar-refractivity contribution in [3.8, 4) is 0 Å². The zero-order valence-corrected chi connectivity index (χ0v) is 14.8. The molecule has 0 aliphatic carbocycles. The number of hydrogen-bond donors (Lipinski definition) is 2. The van der Waals surface area contributed by atoms with Crippen LogP contribution in [0, 0.1) is 13.8 Å². The van der Waals surface area contributed by atoms with Gasteiger partial charge < -0.3 is 15.5 Å². The van der Waals surface area contributed by atoms with Crippen LogP contribution in [0.5, 0.6) is 0 Å². The zero-order valence-electron chi connectivity index (χ0n) is 14.8. The van der Waals surface area contributed by atoms with Crippen molar-refractivity contribution >= 4 is 11.5 Å². The number of aromatic nitrogens is 2. The first-order chi connectivity index (χ1) is 11.7. The molecule has 24 heavy (non-hydrogen) atoms. The molecule has 1 aliphatic rings. The Bertz CT molecular complexity index is 657. The summed E-state index contributed by atoms with van der Waals surface area (Å²) in [6, 6.07) is 11.1. The Hall–Kier alpha value is -2.14. The van der Waals surface area contributed by atoms with Crippen LogP contribution in [0.1, 0.15) is 29.9 Å². The monoisotopic (exact) mass is 325 g/mol. The molecule has 1 aromatic carbocycles. The molecule has 0 amide bonds. The smallest absolute Gasteiger partial charge is 0.132 e. The van der Waals surface area contributed by atoms with E-state index in [1.54, 1.807) is 0 Å². The normalized spacial score (nSPS) is 15.5. The van der Waals surface area contributed by atoms with Gasteiger partial charge in [-0.05, 0) is 38.3 Å². The van der Waals surface area contributed by atoms with E-state index in [1.165, 1.54) is 11.3 Å². The minimum Gasteiger partial charge on any atom is -0.388 e. The molecule has 0 radical (unpaired) electrons. The molecule has 5 nitrogen and oxygen atoms in total. The van der Waals surface area contributed by atoms with E-state index in [1.807, 2.05) is 20.9 Å². The third kappa shape index (κ3) is 4.03. The highest BCUT2D eigenvalue weighted by atomic mass is 15.2. The van der Waals surface area contributed by atoms with Gasteiger partial charge in [-0.2, -0.15) is 0 Å². The maximum absolute atomic E-state index is 4.59. The van der Waals surface area contributed by atoms with Gasteiger partial charge >= 0.3 is 0 Å². The molecule has 3 rings (SSSR count). The van der Waals surface area contributed by atoms with Crippen molar-refractivity contribution in [3.05, 3.63) is 47.4 Å². The van der Waals surface area contributed by atoms with Gasteiger partial charge in [-0.1, -0.05) is 18.2 Å². The first-order valence-corrected chi connectivity index (χ1v) is 8.72. The summed E-state index contributed by atoms with van der Waals surface area (Å²) in [4.78, 5) is 11.3. The van der Waals surface area contributed by atoms with Crippen molar-refractivity contribution in [1.29, 1.82) is 0 Å². The molecule has 1 aliphatic heterocycles. The zero-order chi connectivity index (χ0) is 16.9. The summed E-state index contributed by atoms with van der Waals surface area (Å²) < 4.78 is 0. The molecule has 0 unspecified atom stereocenters. The number of benzene rings is 1. The predicted octanol–water partition coefficient (Wildman–Crippen LogP) is 2.89. The lowest BCUT2D eigenvalue weighted by atomic mass is 10.0. The second-order valence-electron chi connectivity index (χ2n) is 6.46. The second kappa shape index (κ2) is 7.62. The van der Waals surface area contributed by atoms with Gasteiger partial charge in [0.1, 0.15) is 11.6 Å². The van der Waals surface area contributed by atoms with Crippen LogP contribution in [-0.2, 0) is 6.54 Å². The second-order valence-corrected chi connectivity index (χ2v) is 6.46. The van der Waals surface area contributed by atoms with Crippen LogP contribution < -0.4 is 15.5 Å². The van der Waals surface area contributed by atoms with E-state index in [0.29, 0.717) is 6.04 Å². The first kappa shape index (κ1) is 16.7. The Morgan fingerprint density at radius 1 is 1.12 bits per heavy atom. The molecule has 0 spiro atoms. The summed E-state index contributed by atoms with van der Waals surface area (Å²) in [5, 5.41) is 6.97. The number of hydrogen-bond acceptors (Lipinski definition) is 5. The predicted molar refractivity (Wildman–Crippen MR) is 99.6 cm³/mol. The molecule has 0 atom stereocenters. The van der Waals surface area contributed by atoms with Crippen molar-refractivity contribution in [2.24, 2.45) is 0 Å². The van der Waals surface area contributed by atoms with Gasteiger partial charge in [0, 0.05) is 50.2 Å². The third-order valence-corrected chi connectivity index (χ3v) is 4.64. The Kier molecular flexibility index (Phi) is 5.30. The summed E-state index contributed by atoms with van der Waals surface area (Å²) in [5.74, 6) is 1.92. The largest absolute Gasteiger partial charge is 0.388 e. The molecule has 1 aromatic heterocycles. The number of nitrogens with one attached hydrogen (secondary N) is 2. The van der Waals surface area contributed by atoms with Crippen molar-refractivity contribution in [2.45, 2.75) is 39.3 Å². The fourth-order valence-corrected chi connectivity index (χ4v) is 3.34. The van der Waals surface area contributed by atoms with E-state index in [-0.39, 0.29) is 0 Å². The van der Waals surface area contributed by atoms with Gasteiger partial charge in [-0.3, -0.25) is 0 Å². The van der Waals surface area contributed by atoms with E-state index in [2.05, 4.69) is 55.8 Å². The van der Waals surface area contributed by atoms with E-state index in [9.17, 15) is 0 Å². The molecule has 1 fully saturated rings. The molecular weight excluding hydrogens is 298 g/mol. The van der Waals surface area contributed by atoms with E-state index in [4.69, 9.17) is 0 Å². The number of anilines is 2. The van der Waals surface area contributed by atoms with Gasteiger partial charge in [0.2, 0.25) is 0 Å². The minimum absolute atomic E-state index is 0.565. The standard InChI is InChI=1S/C19H27N5/c1-14-12-19(23-15(2)22-14)24-10-8-17(9-11-24)21-13-16-6-4-5-7-18(16)20-3/h4-7,12,17,20-21H,8-11,13H2,1-3H3. The van der Waals surface area contributed by atoms with Crippen molar-refractivity contribution in [1.82, 2.24) is 15.3 Å². The minimum atomic E-state index is 0.565. The number of nitrogens with zero attached hydrogens (tertiary/aromatic N) is 3. The Balaban J connectivity index is 1.53. The van der Waals surface area contributed by atoms with E-state index >= 15 is 0 Å². The summed E-state index contributed by atoms with van der Waals surface area (Å²) in [6.45, 7) is 6.99. The number of aryl methyl sites for hydroxylation is 2. The molecule has 2 N–H and O–H groups in total. The van der Waals surface area contributed by atoms with Crippen LogP contribution in [0.25, 0.3) is 0 Å². The highest BCUT2D eigenvalue weighted by Gasteiger charge is 2.20. The van der Waals surface area contributed by atoms with Crippen LogP contribution in [0.4, 0.5) is 11.5 Å². The van der Waals surface area contributed by atoms with Crippen LogP contribution in [-0.4, -0.2) is 36.1 Å². The highest BCUT2D eigenvalue weighted by molar-refractivity contribution is 5.50. The van der Waals surface area contributed by atoms with Gasteiger partial charge in [-0.15, -0.1) is 0 Å². The van der Waals surface area contributed by atoms with E-state index < -0.39 is 0 Å². The summed E-state index contributed by atoms with van der Waals surface area (Å²) >= 11 is 0. The van der Waals surface area contributed by atoms with Gasteiger partial charge in [0.05, 0.1) is 0 Å². The fraction of sp³-hybridized carbons (Fsp3) is 0.474. The average molecular weight is 325 g/mol. The lowest BCUT2D eigenvalue weighted by molar-refractivity contribution is 0.412. The summed E-state index contributed by atoms with van der Waals surface area (Å²) in [7, 11) is 1.98. The first-order valence-electron chi connectivity index (χ1n) is 8.72. The summed E-state index contributed by atoms with van der Waals surface area (Å²) in [5.41, 5.74) is 3.57. The molecular formula is C19H27N5. The number of piperidine rings is 1. The maximum atomic E-state index is 4.59. The lowest BCUT2D eigenvalue weighted by Crippen LogP contribution is -2.42. The van der Waals surface area contributed by atoms with Gasteiger partial charge in [-0.25, -0.2) is 9.97 Å². The van der Waals surface area contributed by atoms with Crippen LogP contribution in [0.2, 0.25) is 0 Å². The van der Waals surface area contributed by atoms with Gasteiger partial charge in [0.25, 0.3) is 0 Å². The van der Waals surface area contributed by atoms with Crippen molar-refractivity contribution < 1.29 is 0 Å². The molecule has 0 saturated carbocycles. The van der Waals surface area contributed by atoms with Crippen LogP contribution >= 0.6 is 0 Å². The highest BCUT2D eigenvalue weighted by Crippen LogP contribution is 2.20. The van der Waals surface area contributed by atoms with Crippen molar-refractivity contribution in [2.75, 3.05) is 30.4 Å². The quantitative estimate of drug-likeness (QED) is 0.885. The average Bonchev–Trinajstić information content (AvgIpc) is 2.60. The van der Waals surface area contributed by atoms with Gasteiger partial charge in [0.15, 0.2) is 0 Å². The SMILES string of the molecule is CNc1ccccc1CNC1CCN(c2cc(C)nc(C)n2)CC1. The Labute approximate surface area is 144 Å². The van der Waals surface area contributed by atoms with E-state index in [0.717, 1.165) is 49.8 Å². The molecule has 2 aromatic rings. The molecule has 2 heterocycles. The molecule has 0 bridgehead atoms. The Morgan fingerprint density at radius 3 is 2.58 bits per heavy atom. The van der Waals surface area contributed by atoms with Crippen LogP contribution in [0.3, 0.4) is 0 Å². The molecule has 128 valence electrons. The fourth-order valence-electron chi connectivity index (χ4n) is 3.34. The molecule has 5 heteroatoms. The van der Waals surface area contributed by atoms with Crippen molar-refractivity contribution in [3.63, 3.8) is 0 Å². The summed E-state index contributed by atoms with van der Waals surface area (Å²) in [6.07, 6.45) is 2.29. The number of rotatable bonds is 5. The number of para-hydroxylation sites is 1. The lowest BCUT2D eigenvalue weighted by Gasteiger charge is -2.33. The molecule has 1 saturated heterocycles. The maximum Gasteiger partial charge on any atom is 0.132 e.